The van der Waals surface area contributed by atoms with Crippen molar-refractivity contribution in [1.82, 2.24) is 5.32 Å². The molecule has 4 heteroatoms. The van der Waals surface area contributed by atoms with Gasteiger partial charge < -0.3 is 10.2 Å². The van der Waals surface area contributed by atoms with Crippen molar-refractivity contribution in [3.05, 3.63) is 33.4 Å². The van der Waals surface area contributed by atoms with Crippen molar-refractivity contribution in [3.8, 4) is 0 Å². The van der Waals surface area contributed by atoms with E-state index >= 15 is 0 Å². The van der Waals surface area contributed by atoms with Crippen molar-refractivity contribution < 1.29 is 9.69 Å². The van der Waals surface area contributed by atoms with Crippen LogP contribution < -0.4 is 10.2 Å². The lowest BCUT2D eigenvalue weighted by Crippen LogP contribution is -3.07. The minimum Gasteiger partial charge on any atom is -0.351 e. The molecule has 0 unspecified atom stereocenters. The Morgan fingerprint density at radius 1 is 1.39 bits per heavy atom. The molecule has 0 fully saturated rings. The SMILES string of the molecule is C[NH+](C)CC(C)(C)CNC(=O)c1cccc(I)c1. The molecule has 1 rings (SSSR count). The molecule has 0 bridgehead atoms. The molecular formula is C14H22IN2O+. The Bertz CT molecular complexity index is 416. The van der Waals surface area contributed by atoms with Gasteiger partial charge in [-0.2, -0.15) is 0 Å². The van der Waals surface area contributed by atoms with Gasteiger partial charge in [0.25, 0.3) is 5.91 Å². The van der Waals surface area contributed by atoms with Crippen LogP contribution >= 0.6 is 22.6 Å². The molecule has 0 radical (unpaired) electrons. The Hall–Kier alpha value is -0.620. The third kappa shape index (κ3) is 5.35. The van der Waals surface area contributed by atoms with Crippen LogP contribution in [0.15, 0.2) is 24.3 Å². The van der Waals surface area contributed by atoms with Gasteiger partial charge in [0, 0.05) is 21.1 Å². The Balaban J connectivity index is 2.56. The Kier molecular flexibility index (Phi) is 5.59. The highest BCUT2D eigenvalue weighted by molar-refractivity contribution is 14.1. The van der Waals surface area contributed by atoms with Gasteiger partial charge in [0.15, 0.2) is 0 Å². The molecule has 2 N–H and O–H groups in total. The van der Waals surface area contributed by atoms with Gasteiger partial charge in [0.2, 0.25) is 0 Å². The number of rotatable bonds is 5. The third-order valence-electron chi connectivity index (χ3n) is 2.65. The molecule has 100 valence electrons. The number of benzene rings is 1. The van der Waals surface area contributed by atoms with Gasteiger partial charge in [-0.25, -0.2) is 0 Å². The van der Waals surface area contributed by atoms with Crippen LogP contribution in [0.25, 0.3) is 0 Å². The van der Waals surface area contributed by atoms with E-state index in [9.17, 15) is 4.79 Å². The molecule has 0 spiro atoms. The van der Waals surface area contributed by atoms with Gasteiger partial charge >= 0.3 is 0 Å². The van der Waals surface area contributed by atoms with Gasteiger partial charge in [-0.05, 0) is 40.8 Å². The van der Waals surface area contributed by atoms with Gasteiger partial charge in [-0.1, -0.05) is 19.9 Å². The second kappa shape index (κ2) is 6.52. The van der Waals surface area contributed by atoms with Gasteiger partial charge in [0.05, 0.1) is 20.6 Å². The Morgan fingerprint density at radius 2 is 2.06 bits per heavy atom. The summed E-state index contributed by atoms with van der Waals surface area (Å²) in [6, 6.07) is 7.64. The second-order valence-corrected chi connectivity index (χ2v) is 6.99. The molecule has 1 aromatic rings. The maximum atomic E-state index is 12.0. The van der Waals surface area contributed by atoms with Crippen LogP contribution in [0, 0.1) is 8.99 Å². The smallest absolute Gasteiger partial charge is 0.251 e. The summed E-state index contributed by atoms with van der Waals surface area (Å²) in [5, 5.41) is 3.02. The van der Waals surface area contributed by atoms with E-state index in [1.807, 2.05) is 24.3 Å². The summed E-state index contributed by atoms with van der Waals surface area (Å²) in [5.74, 6) is 0.00958. The zero-order valence-electron chi connectivity index (χ0n) is 11.5. The number of halogens is 1. The van der Waals surface area contributed by atoms with Crippen molar-refractivity contribution in [2.75, 3.05) is 27.2 Å². The number of carbonyl (C=O) groups is 1. The monoisotopic (exact) mass is 361 g/mol. The lowest BCUT2D eigenvalue weighted by atomic mass is 9.93. The van der Waals surface area contributed by atoms with E-state index in [1.54, 1.807) is 0 Å². The first kappa shape index (κ1) is 15.4. The molecule has 0 saturated heterocycles. The fourth-order valence-electron chi connectivity index (χ4n) is 2.07. The molecule has 0 aliphatic rings. The summed E-state index contributed by atoms with van der Waals surface area (Å²) in [6.07, 6.45) is 0. The molecule has 3 nitrogen and oxygen atoms in total. The molecule has 0 aromatic heterocycles. The average Bonchev–Trinajstić information content (AvgIpc) is 2.24. The predicted molar refractivity (Wildman–Crippen MR) is 83.0 cm³/mol. The molecule has 1 aromatic carbocycles. The summed E-state index contributed by atoms with van der Waals surface area (Å²) < 4.78 is 1.08. The molecular weight excluding hydrogens is 339 g/mol. The fraction of sp³-hybridized carbons (Fsp3) is 0.500. The summed E-state index contributed by atoms with van der Waals surface area (Å²) in [7, 11) is 4.26. The molecule has 0 saturated carbocycles. The maximum Gasteiger partial charge on any atom is 0.251 e. The van der Waals surface area contributed by atoms with E-state index in [1.165, 1.54) is 4.90 Å². The van der Waals surface area contributed by atoms with Crippen molar-refractivity contribution in [2.45, 2.75) is 13.8 Å². The summed E-state index contributed by atoms with van der Waals surface area (Å²) in [5.41, 5.74) is 0.839. The van der Waals surface area contributed by atoms with Crippen molar-refractivity contribution in [2.24, 2.45) is 5.41 Å². The zero-order chi connectivity index (χ0) is 13.8. The van der Waals surface area contributed by atoms with E-state index in [-0.39, 0.29) is 11.3 Å². The molecule has 0 aliphatic carbocycles. The van der Waals surface area contributed by atoms with E-state index in [2.05, 4.69) is 55.9 Å². The van der Waals surface area contributed by atoms with Crippen LogP contribution in [-0.4, -0.2) is 33.1 Å². The highest BCUT2D eigenvalue weighted by Gasteiger charge is 2.22. The number of nitrogens with one attached hydrogen (secondary N) is 2. The Morgan fingerprint density at radius 3 is 2.61 bits per heavy atom. The minimum absolute atomic E-state index is 0.00958. The normalized spacial score (nSPS) is 11.7. The highest BCUT2D eigenvalue weighted by atomic mass is 127. The topological polar surface area (TPSA) is 33.5 Å². The lowest BCUT2D eigenvalue weighted by Gasteiger charge is -2.26. The lowest BCUT2D eigenvalue weighted by molar-refractivity contribution is -0.865. The first-order valence-electron chi connectivity index (χ1n) is 6.13. The molecule has 0 aliphatic heterocycles. The van der Waals surface area contributed by atoms with E-state index < -0.39 is 0 Å². The summed E-state index contributed by atoms with van der Waals surface area (Å²) >= 11 is 2.22. The zero-order valence-corrected chi connectivity index (χ0v) is 13.7. The van der Waals surface area contributed by atoms with E-state index in [0.717, 1.165) is 15.7 Å². The van der Waals surface area contributed by atoms with E-state index in [0.29, 0.717) is 6.54 Å². The highest BCUT2D eigenvalue weighted by Crippen LogP contribution is 2.11. The van der Waals surface area contributed by atoms with Crippen LogP contribution in [0.1, 0.15) is 24.2 Å². The maximum absolute atomic E-state index is 12.0. The van der Waals surface area contributed by atoms with Crippen molar-refractivity contribution >= 4 is 28.5 Å². The first-order valence-corrected chi connectivity index (χ1v) is 7.21. The number of hydrogen-bond acceptors (Lipinski definition) is 1. The van der Waals surface area contributed by atoms with Crippen LogP contribution in [-0.2, 0) is 0 Å². The third-order valence-corrected chi connectivity index (χ3v) is 3.32. The summed E-state index contributed by atoms with van der Waals surface area (Å²) in [6.45, 7) is 6.08. The fourth-order valence-corrected chi connectivity index (χ4v) is 2.61. The number of hydrogen-bond donors (Lipinski definition) is 2. The minimum atomic E-state index is 0.00958. The molecule has 0 heterocycles. The molecule has 18 heavy (non-hydrogen) atoms. The first-order chi connectivity index (χ1) is 8.30. The van der Waals surface area contributed by atoms with Crippen LogP contribution in [0.2, 0.25) is 0 Å². The predicted octanol–water partition coefficient (Wildman–Crippen LogP) is 1.19. The number of quaternary nitrogens is 1. The van der Waals surface area contributed by atoms with Crippen LogP contribution in [0.3, 0.4) is 0 Å². The van der Waals surface area contributed by atoms with Gasteiger partial charge in [0.1, 0.15) is 0 Å². The molecule has 0 atom stereocenters. The van der Waals surface area contributed by atoms with Crippen molar-refractivity contribution in [1.29, 1.82) is 0 Å². The largest absolute Gasteiger partial charge is 0.351 e. The Labute approximate surface area is 123 Å². The van der Waals surface area contributed by atoms with E-state index in [4.69, 9.17) is 0 Å². The van der Waals surface area contributed by atoms with Crippen molar-refractivity contribution in [3.63, 3.8) is 0 Å². The number of amides is 1. The van der Waals surface area contributed by atoms with Gasteiger partial charge in [-0.15, -0.1) is 0 Å². The number of carbonyl (C=O) groups excluding carboxylic acids is 1. The average molecular weight is 361 g/mol. The van der Waals surface area contributed by atoms with Crippen LogP contribution in [0.5, 0.6) is 0 Å². The standard InChI is InChI=1S/C14H21IN2O/c1-14(2,10-17(3)4)9-16-13(18)11-6-5-7-12(15)8-11/h5-8H,9-10H2,1-4H3,(H,16,18)/p+1. The van der Waals surface area contributed by atoms with Gasteiger partial charge in [-0.3, -0.25) is 4.79 Å². The quantitative estimate of drug-likeness (QED) is 0.760. The van der Waals surface area contributed by atoms with Crippen LogP contribution in [0.4, 0.5) is 0 Å². The summed E-state index contributed by atoms with van der Waals surface area (Å²) in [4.78, 5) is 13.4. The second-order valence-electron chi connectivity index (χ2n) is 5.74. The molecule has 1 amide bonds.